The quantitative estimate of drug-likeness (QED) is 0.585. The van der Waals surface area contributed by atoms with Crippen molar-refractivity contribution in [2.24, 2.45) is 0 Å². The lowest BCUT2D eigenvalue weighted by atomic mass is 10.0. The fourth-order valence-electron chi connectivity index (χ4n) is 1.34. The van der Waals surface area contributed by atoms with Crippen LogP contribution < -0.4 is 11.1 Å². The van der Waals surface area contributed by atoms with Crippen LogP contribution in [-0.2, 0) is 0 Å². The highest BCUT2D eigenvalue weighted by atomic mass is 14.9. The zero-order valence-corrected chi connectivity index (χ0v) is 5.82. The molecule has 2 heteroatoms. The third-order valence-electron chi connectivity index (χ3n) is 1.91. The van der Waals surface area contributed by atoms with E-state index in [0.29, 0.717) is 12.6 Å². The van der Waals surface area contributed by atoms with Crippen LogP contribution >= 0.6 is 0 Å². The second-order valence-corrected chi connectivity index (χ2v) is 2.69. The Morgan fingerprint density at radius 2 is 2.33 bits per heavy atom. The van der Waals surface area contributed by atoms with Crippen molar-refractivity contribution in [2.45, 2.75) is 31.7 Å². The largest absolute Gasteiger partial charge is 0.314 e. The van der Waals surface area contributed by atoms with Gasteiger partial charge in [-0.05, 0) is 25.8 Å². The van der Waals surface area contributed by atoms with Crippen LogP contribution in [-0.4, -0.2) is 19.1 Å². The summed E-state index contributed by atoms with van der Waals surface area (Å²) in [7, 11) is 0. The van der Waals surface area contributed by atoms with E-state index in [4.69, 9.17) is 5.73 Å². The van der Waals surface area contributed by atoms with E-state index in [9.17, 15) is 0 Å². The molecule has 0 aromatic rings. The van der Waals surface area contributed by atoms with Crippen LogP contribution in [0.25, 0.3) is 0 Å². The highest BCUT2D eigenvalue weighted by molar-refractivity contribution is 4.71. The van der Waals surface area contributed by atoms with Crippen molar-refractivity contribution in [2.75, 3.05) is 13.1 Å². The van der Waals surface area contributed by atoms with Crippen LogP contribution in [0, 0.1) is 0 Å². The van der Waals surface area contributed by atoms with Gasteiger partial charge in [0.05, 0.1) is 0 Å². The van der Waals surface area contributed by atoms with Crippen LogP contribution in [0.2, 0.25) is 0 Å². The second-order valence-electron chi connectivity index (χ2n) is 2.69. The highest BCUT2D eigenvalue weighted by Crippen LogP contribution is 2.08. The Labute approximate surface area is 56.8 Å². The zero-order valence-electron chi connectivity index (χ0n) is 5.82. The average molecular weight is 127 g/mol. The van der Waals surface area contributed by atoms with Gasteiger partial charge in [-0.2, -0.15) is 0 Å². The molecule has 53 valence electrons. The van der Waals surface area contributed by atoms with Crippen molar-refractivity contribution in [3.05, 3.63) is 0 Å². The molecule has 1 heterocycles. The monoisotopic (exact) mass is 127 g/mol. The van der Waals surface area contributed by atoms with Crippen LogP contribution in [0.1, 0.15) is 25.7 Å². The van der Waals surface area contributed by atoms with E-state index in [2.05, 4.69) is 5.32 Å². The Bertz CT molecular complexity index is 64.6. The minimum atomic E-state index is 0.581. The first-order valence-electron chi connectivity index (χ1n) is 3.81. The number of hydrogen-bond donors (Lipinski definition) is 1. The molecule has 1 aliphatic heterocycles. The summed E-state index contributed by atoms with van der Waals surface area (Å²) in [6.45, 7) is 1.75. The molecule has 1 atom stereocenters. The standard InChI is InChI=1S/C7H15N2/c8-5-4-7-3-1-2-6-9-7/h7-9H,1-6H2/t7-/m1/s1. The van der Waals surface area contributed by atoms with Gasteiger partial charge in [0.2, 0.25) is 0 Å². The summed E-state index contributed by atoms with van der Waals surface area (Å²) in [5, 5.41) is 3.40. The van der Waals surface area contributed by atoms with Crippen LogP contribution in [0.4, 0.5) is 0 Å². The predicted octanol–water partition coefficient (Wildman–Crippen LogP) is 0.801. The van der Waals surface area contributed by atoms with Gasteiger partial charge in [0.15, 0.2) is 0 Å². The molecule has 1 saturated heterocycles. The van der Waals surface area contributed by atoms with Crippen molar-refractivity contribution in [3.8, 4) is 0 Å². The van der Waals surface area contributed by atoms with Crippen molar-refractivity contribution < 1.29 is 0 Å². The summed E-state index contributed by atoms with van der Waals surface area (Å²) in [4.78, 5) is 0. The van der Waals surface area contributed by atoms with Gasteiger partial charge in [-0.15, -0.1) is 0 Å². The van der Waals surface area contributed by atoms with Crippen molar-refractivity contribution in [3.63, 3.8) is 0 Å². The van der Waals surface area contributed by atoms with Crippen molar-refractivity contribution in [1.29, 1.82) is 0 Å². The second kappa shape index (κ2) is 3.85. The molecule has 0 aromatic heterocycles. The summed E-state index contributed by atoms with van der Waals surface area (Å²) in [6.07, 6.45) is 5.02. The first-order chi connectivity index (χ1) is 4.43. The van der Waals surface area contributed by atoms with E-state index in [1.807, 2.05) is 0 Å². The predicted molar refractivity (Wildman–Crippen MR) is 38.2 cm³/mol. The Kier molecular flexibility index (Phi) is 3.01. The lowest BCUT2D eigenvalue weighted by Crippen LogP contribution is -2.34. The lowest BCUT2D eigenvalue weighted by Gasteiger charge is -2.22. The molecule has 0 bridgehead atoms. The molecule has 1 aliphatic rings. The molecular weight excluding hydrogens is 112 g/mol. The maximum atomic E-state index is 7.00. The van der Waals surface area contributed by atoms with E-state index < -0.39 is 0 Å². The first-order valence-corrected chi connectivity index (χ1v) is 3.81. The summed E-state index contributed by atoms with van der Waals surface area (Å²) in [5.41, 5.74) is 7.00. The molecule has 2 N–H and O–H groups in total. The summed E-state index contributed by atoms with van der Waals surface area (Å²) in [5.74, 6) is 0. The Morgan fingerprint density at radius 3 is 2.89 bits per heavy atom. The molecule has 0 spiro atoms. The smallest absolute Gasteiger partial charge is 0.0115 e. The maximum Gasteiger partial charge on any atom is 0.0115 e. The van der Waals surface area contributed by atoms with Crippen LogP contribution in [0.5, 0.6) is 0 Å². The topological polar surface area (TPSA) is 35.8 Å². The molecule has 2 nitrogen and oxygen atoms in total. The molecule has 1 radical (unpaired) electrons. The minimum absolute atomic E-state index is 0.581. The normalized spacial score (nSPS) is 28.3. The molecule has 1 rings (SSSR count). The summed E-state index contributed by atoms with van der Waals surface area (Å²) in [6, 6.07) is 0.663. The van der Waals surface area contributed by atoms with Crippen LogP contribution in [0.3, 0.4) is 0 Å². The Hall–Kier alpha value is -0.0800. The first kappa shape index (κ1) is 7.03. The molecule has 0 unspecified atom stereocenters. The van der Waals surface area contributed by atoms with Crippen LogP contribution in [0.15, 0.2) is 0 Å². The minimum Gasteiger partial charge on any atom is -0.314 e. The van der Waals surface area contributed by atoms with Gasteiger partial charge in [0.1, 0.15) is 0 Å². The fourth-order valence-corrected chi connectivity index (χ4v) is 1.34. The SMILES string of the molecule is [NH]CC[C@H]1CCCCN1. The number of hydrogen-bond acceptors (Lipinski definition) is 1. The third kappa shape index (κ3) is 2.33. The number of nitrogens with one attached hydrogen (secondary N) is 2. The zero-order chi connectivity index (χ0) is 6.53. The van der Waals surface area contributed by atoms with E-state index in [0.717, 1.165) is 6.42 Å². The van der Waals surface area contributed by atoms with Gasteiger partial charge in [-0.1, -0.05) is 6.42 Å². The molecule has 9 heavy (non-hydrogen) atoms. The van der Waals surface area contributed by atoms with Gasteiger partial charge in [0, 0.05) is 12.6 Å². The molecular formula is C7H15N2. The number of piperidine rings is 1. The molecule has 0 amide bonds. The van der Waals surface area contributed by atoms with E-state index in [-0.39, 0.29) is 0 Å². The lowest BCUT2D eigenvalue weighted by molar-refractivity contribution is 0.385. The maximum absolute atomic E-state index is 7.00. The van der Waals surface area contributed by atoms with Gasteiger partial charge in [-0.25, -0.2) is 0 Å². The molecule has 0 aromatic carbocycles. The van der Waals surface area contributed by atoms with Gasteiger partial charge < -0.3 is 5.32 Å². The van der Waals surface area contributed by atoms with E-state index >= 15 is 0 Å². The highest BCUT2D eigenvalue weighted by Gasteiger charge is 2.10. The van der Waals surface area contributed by atoms with Crippen molar-refractivity contribution >= 4 is 0 Å². The molecule has 0 aliphatic carbocycles. The summed E-state index contributed by atoms with van der Waals surface area (Å²) >= 11 is 0. The van der Waals surface area contributed by atoms with Gasteiger partial charge in [0.25, 0.3) is 0 Å². The van der Waals surface area contributed by atoms with E-state index in [1.54, 1.807) is 0 Å². The Balaban J connectivity index is 2.08. The van der Waals surface area contributed by atoms with Gasteiger partial charge in [-0.3, -0.25) is 5.73 Å². The van der Waals surface area contributed by atoms with Gasteiger partial charge >= 0.3 is 0 Å². The molecule has 0 saturated carbocycles. The molecule has 1 fully saturated rings. The number of rotatable bonds is 2. The summed E-state index contributed by atoms with van der Waals surface area (Å²) < 4.78 is 0. The van der Waals surface area contributed by atoms with E-state index in [1.165, 1.54) is 25.8 Å². The third-order valence-corrected chi connectivity index (χ3v) is 1.91. The Morgan fingerprint density at radius 1 is 1.44 bits per heavy atom. The fraction of sp³-hybridized carbons (Fsp3) is 1.00. The average Bonchev–Trinajstić information content (AvgIpc) is 1.91. The van der Waals surface area contributed by atoms with Crippen molar-refractivity contribution in [1.82, 2.24) is 11.1 Å².